The Morgan fingerprint density at radius 1 is 1.15 bits per heavy atom. The second-order valence-electron chi connectivity index (χ2n) is 7.42. The van der Waals surface area contributed by atoms with Crippen molar-refractivity contribution in [3.05, 3.63) is 58.2 Å². The highest BCUT2D eigenvalue weighted by atomic mass is 35.5. The maximum atomic E-state index is 12.7. The summed E-state index contributed by atoms with van der Waals surface area (Å²) >= 11 is 5.73. The Bertz CT molecular complexity index is 1100. The molecule has 0 spiro atoms. The van der Waals surface area contributed by atoms with Crippen LogP contribution < -0.4 is 5.32 Å². The van der Waals surface area contributed by atoms with Crippen molar-refractivity contribution in [2.75, 3.05) is 11.9 Å². The van der Waals surface area contributed by atoms with E-state index in [2.05, 4.69) is 10.3 Å². The van der Waals surface area contributed by atoms with Crippen LogP contribution in [-0.4, -0.2) is 46.2 Å². The van der Waals surface area contributed by atoms with Crippen LogP contribution in [0.15, 0.2) is 36.5 Å². The van der Waals surface area contributed by atoms with E-state index >= 15 is 0 Å². The molecule has 1 N–H and O–H groups in total. The Labute approximate surface area is 190 Å². The molecule has 1 aromatic heterocycles. The predicted octanol–water partition coefficient (Wildman–Crippen LogP) is 3.56. The molecule has 33 heavy (non-hydrogen) atoms. The first-order valence-corrected chi connectivity index (χ1v) is 9.95. The Balaban J connectivity index is 1.67. The minimum Gasteiger partial charge on any atom is -0.454 e. The van der Waals surface area contributed by atoms with Gasteiger partial charge >= 0.3 is 12.1 Å². The number of nitrogens with zero attached hydrogens (tertiary/aromatic N) is 2. The average molecular weight is 484 g/mol. The highest BCUT2D eigenvalue weighted by Crippen LogP contribution is 2.32. The Hall–Kier alpha value is -3.47. The molecule has 0 fully saturated rings. The maximum Gasteiger partial charge on any atom is 0.417 e. The lowest BCUT2D eigenvalue weighted by atomic mass is 10.0. The number of esters is 1. The van der Waals surface area contributed by atoms with Gasteiger partial charge in [-0.3, -0.25) is 19.3 Å². The summed E-state index contributed by atoms with van der Waals surface area (Å²) in [5.41, 5.74) is -0.791. The Morgan fingerprint density at radius 3 is 2.21 bits per heavy atom. The molecule has 2 aromatic rings. The quantitative estimate of drug-likeness (QED) is 0.497. The number of alkyl halides is 3. The molecule has 0 saturated carbocycles. The molecule has 12 heteroatoms. The molecule has 0 unspecified atom stereocenters. The predicted molar refractivity (Wildman–Crippen MR) is 109 cm³/mol. The number of carbonyl (C=O) groups is 4. The molecule has 3 amide bonds. The van der Waals surface area contributed by atoms with Crippen molar-refractivity contribution in [1.82, 2.24) is 9.88 Å². The third-order valence-corrected chi connectivity index (χ3v) is 5.04. The standard InChI is InChI=1S/C21H17ClF3N3O5/c1-10(2)16(28-18(30)12-5-3-4-6-13(12)19(28)31)20(32)33-9-15(29)27-17-14(22)7-11(8-26-17)21(23,24)25/h3-8,10,16H,9H2,1-2H3,(H,26,27,29)/t16-/m1/s1. The van der Waals surface area contributed by atoms with Crippen LogP contribution in [0, 0.1) is 5.92 Å². The molecule has 2 heterocycles. The molecule has 1 aliphatic rings. The summed E-state index contributed by atoms with van der Waals surface area (Å²) in [5, 5.41) is 1.68. The van der Waals surface area contributed by atoms with Gasteiger partial charge in [0.25, 0.3) is 17.7 Å². The molecule has 0 radical (unpaired) electrons. The summed E-state index contributed by atoms with van der Waals surface area (Å²) in [5.74, 6) is -4.13. The summed E-state index contributed by atoms with van der Waals surface area (Å²) in [7, 11) is 0. The van der Waals surface area contributed by atoms with Crippen molar-refractivity contribution in [3.8, 4) is 0 Å². The Kier molecular flexibility index (Phi) is 6.73. The van der Waals surface area contributed by atoms with Crippen molar-refractivity contribution in [2.45, 2.75) is 26.1 Å². The van der Waals surface area contributed by atoms with E-state index in [4.69, 9.17) is 16.3 Å². The second kappa shape index (κ2) is 9.18. The molecule has 0 aliphatic carbocycles. The molecule has 1 aromatic carbocycles. The van der Waals surface area contributed by atoms with Gasteiger partial charge in [0.05, 0.1) is 21.7 Å². The fourth-order valence-corrected chi connectivity index (χ4v) is 3.42. The highest BCUT2D eigenvalue weighted by Gasteiger charge is 2.44. The monoisotopic (exact) mass is 483 g/mol. The van der Waals surface area contributed by atoms with E-state index in [9.17, 15) is 32.3 Å². The summed E-state index contributed by atoms with van der Waals surface area (Å²) < 4.78 is 43.0. The molecular weight excluding hydrogens is 467 g/mol. The van der Waals surface area contributed by atoms with Crippen LogP contribution in [0.1, 0.15) is 40.1 Å². The lowest BCUT2D eigenvalue weighted by molar-refractivity contribution is -0.152. The number of halogens is 4. The van der Waals surface area contributed by atoms with E-state index in [0.717, 1.165) is 4.90 Å². The van der Waals surface area contributed by atoms with Crippen LogP contribution in [0.3, 0.4) is 0 Å². The SMILES string of the molecule is CC(C)[C@H](C(=O)OCC(=O)Nc1ncc(C(F)(F)F)cc1Cl)N1C(=O)c2ccccc2C1=O. The number of benzene rings is 1. The number of ether oxygens (including phenoxy) is 1. The van der Waals surface area contributed by atoms with E-state index in [1.54, 1.807) is 26.0 Å². The van der Waals surface area contributed by atoms with Gasteiger partial charge in [0, 0.05) is 6.20 Å². The number of anilines is 1. The Morgan fingerprint density at radius 2 is 1.73 bits per heavy atom. The fraction of sp³-hybridized carbons (Fsp3) is 0.286. The van der Waals surface area contributed by atoms with Crippen molar-refractivity contribution < 1.29 is 37.1 Å². The minimum absolute atomic E-state index is 0.154. The number of amides is 3. The van der Waals surface area contributed by atoms with Crippen molar-refractivity contribution in [3.63, 3.8) is 0 Å². The van der Waals surface area contributed by atoms with Crippen LogP contribution in [0.5, 0.6) is 0 Å². The number of carbonyl (C=O) groups excluding carboxylic acids is 4. The van der Waals surface area contributed by atoms with Gasteiger partial charge < -0.3 is 10.1 Å². The van der Waals surface area contributed by atoms with E-state index in [1.807, 2.05) is 0 Å². The van der Waals surface area contributed by atoms with Gasteiger partial charge in [-0.25, -0.2) is 9.78 Å². The van der Waals surface area contributed by atoms with E-state index in [1.165, 1.54) is 12.1 Å². The number of hydrogen-bond donors (Lipinski definition) is 1. The van der Waals surface area contributed by atoms with E-state index in [0.29, 0.717) is 12.3 Å². The normalized spacial score (nSPS) is 14.3. The van der Waals surface area contributed by atoms with Crippen LogP contribution in [-0.2, 0) is 20.5 Å². The number of hydrogen-bond acceptors (Lipinski definition) is 6. The van der Waals surface area contributed by atoms with Gasteiger partial charge in [-0.1, -0.05) is 37.6 Å². The number of nitrogens with one attached hydrogen (secondary N) is 1. The molecule has 0 bridgehead atoms. The number of aromatic nitrogens is 1. The molecular formula is C21H17ClF3N3O5. The topological polar surface area (TPSA) is 106 Å². The number of rotatable bonds is 6. The highest BCUT2D eigenvalue weighted by molar-refractivity contribution is 6.33. The number of pyridine rings is 1. The van der Waals surface area contributed by atoms with Crippen LogP contribution in [0.2, 0.25) is 5.02 Å². The van der Waals surface area contributed by atoms with Crippen LogP contribution in [0.4, 0.5) is 19.0 Å². The van der Waals surface area contributed by atoms with E-state index < -0.39 is 59.0 Å². The largest absolute Gasteiger partial charge is 0.454 e. The third-order valence-electron chi connectivity index (χ3n) is 4.75. The summed E-state index contributed by atoms with van der Waals surface area (Å²) in [6, 6.07) is 5.40. The molecule has 8 nitrogen and oxygen atoms in total. The molecule has 1 atom stereocenters. The van der Waals surface area contributed by atoms with Crippen LogP contribution in [0.25, 0.3) is 0 Å². The number of fused-ring (bicyclic) bond motifs is 1. The zero-order valence-electron chi connectivity index (χ0n) is 17.3. The van der Waals surface area contributed by atoms with Gasteiger partial charge in [0.1, 0.15) is 6.04 Å². The number of imide groups is 1. The van der Waals surface area contributed by atoms with E-state index in [-0.39, 0.29) is 16.9 Å². The molecule has 0 saturated heterocycles. The molecule has 174 valence electrons. The van der Waals surface area contributed by atoms with Crippen molar-refractivity contribution >= 4 is 41.1 Å². The smallest absolute Gasteiger partial charge is 0.417 e. The molecule has 1 aliphatic heterocycles. The fourth-order valence-electron chi connectivity index (χ4n) is 3.21. The van der Waals surface area contributed by atoms with Gasteiger partial charge in [0.15, 0.2) is 12.4 Å². The van der Waals surface area contributed by atoms with Crippen molar-refractivity contribution in [1.29, 1.82) is 0 Å². The average Bonchev–Trinajstić information content (AvgIpc) is 2.98. The first-order valence-electron chi connectivity index (χ1n) is 9.58. The maximum absolute atomic E-state index is 12.7. The molecule has 3 rings (SSSR count). The first kappa shape index (κ1) is 24.2. The van der Waals surface area contributed by atoms with Gasteiger partial charge in [0.2, 0.25) is 0 Å². The van der Waals surface area contributed by atoms with Gasteiger partial charge in [-0.05, 0) is 24.1 Å². The summed E-state index contributed by atoms with van der Waals surface area (Å²) in [6.45, 7) is 2.35. The zero-order chi connectivity index (χ0) is 24.5. The minimum atomic E-state index is -4.66. The lowest BCUT2D eigenvalue weighted by Gasteiger charge is -2.27. The first-order chi connectivity index (χ1) is 15.4. The second-order valence-corrected chi connectivity index (χ2v) is 7.83. The van der Waals surface area contributed by atoms with Crippen molar-refractivity contribution in [2.24, 2.45) is 5.92 Å². The van der Waals surface area contributed by atoms with Crippen LogP contribution >= 0.6 is 11.6 Å². The van der Waals surface area contributed by atoms with Gasteiger partial charge in [-0.15, -0.1) is 0 Å². The van der Waals surface area contributed by atoms with Gasteiger partial charge in [-0.2, -0.15) is 13.2 Å². The zero-order valence-corrected chi connectivity index (χ0v) is 18.0. The lowest BCUT2D eigenvalue weighted by Crippen LogP contribution is -2.49. The summed E-state index contributed by atoms with van der Waals surface area (Å²) in [4.78, 5) is 54.4. The third kappa shape index (κ3) is 4.98. The summed E-state index contributed by atoms with van der Waals surface area (Å²) in [6.07, 6.45) is -4.17.